The van der Waals surface area contributed by atoms with E-state index in [9.17, 15) is 14.4 Å². The molecule has 1 N–H and O–H groups in total. The molecule has 1 aromatic heterocycles. The highest BCUT2D eigenvalue weighted by atomic mass is 16.5. The van der Waals surface area contributed by atoms with E-state index in [2.05, 4.69) is 20.2 Å². The van der Waals surface area contributed by atoms with Gasteiger partial charge in [0, 0.05) is 56.0 Å². The average molecular weight is 476 g/mol. The number of carbonyl (C=O) groups is 3. The van der Waals surface area contributed by atoms with Crippen molar-refractivity contribution in [3.05, 3.63) is 53.6 Å². The Hall–Kier alpha value is -3.33. The number of hydrogen-bond acceptors (Lipinski definition) is 7. The summed E-state index contributed by atoms with van der Waals surface area (Å²) in [6.45, 7) is 2.26. The van der Waals surface area contributed by atoms with Gasteiger partial charge in [0.2, 0.25) is 11.8 Å². The molecule has 3 aliphatic heterocycles. The molecule has 1 aliphatic carbocycles. The summed E-state index contributed by atoms with van der Waals surface area (Å²) in [6.07, 6.45) is 8.79. The summed E-state index contributed by atoms with van der Waals surface area (Å²) in [7, 11) is 0. The number of ether oxygens (including phenoxy) is 1. The van der Waals surface area contributed by atoms with Crippen LogP contribution in [-0.4, -0.2) is 68.8 Å². The molecule has 6 rings (SSSR count). The van der Waals surface area contributed by atoms with E-state index in [4.69, 9.17) is 4.74 Å². The third kappa shape index (κ3) is 4.18. The molecular formula is C26H29N5O4. The van der Waals surface area contributed by atoms with Crippen molar-refractivity contribution in [1.29, 1.82) is 0 Å². The molecule has 0 spiro atoms. The minimum absolute atomic E-state index is 0.0998. The van der Waals surface area contributed by atoms with Crippen LogP contribution in [-0.2, 0) is 16.1 Å². The van der Waals surface area contributed by atoms with Gasteiger partial charge in [0.05, 0.1) is 0 Å². The van der Waals surface area contributed by atoms with Crippen LogP contribution in [0.3, 0.4) is 0 Å². The average Bonchev–Trinajstić information content (AvgIpc) is 3.15. The number of rotatable bonds is 5. The number of piperidine rings is 1. The molecule has 2 saturated heterocycles. The fourth-order valence-electron chi connectivity index (χ4n) is 5.90. The van der Waals surface area contributed by atoms with E-state index in [1.54, 1.807) is 17.3 Å². The lowest BCUT2D eigenvalue weighted by molar-refractivity contribution is -0.136. The van der Waals surface area contributed by atoms with E-state index in [1.165, 1.54) is 6.42 Å². The van der Waals surface area contributed by atoms with Crippen molar-refractivity contribution >= 4 is 17.7 Å². The fourth-order valence-corrected chi connectivity index (χ4v) is 5.90. The van der Waals surface area contributed by atoms with Crippen molar-refractivity contribution in [1.82, 2.24) is 25.1 Å². The van der Waals surface area contributed by atoms with Gasteiger partial charge in [-0.2, -0.15) is 0 Å². The molecule has 9 nitrogen and oxygen atoms in total. The van der Waals surface area contributed by atoms with Gasteiger partial charge in [-0.15, -0.1) is 0 Å². The largest absolute Gasteiger partial charge is 0.489 e. The molecule has 182 valence electrons. The zero-order valence-corrected chi connectivity index (χ0v) is 19.6. The Morgan fingerprint density at radius 1 is 1.00 bits per heavy atom. The molecule has 1 unspecified atom stereocenters. The van der Waals surface area contributed by atoms with Gasteiger partial charge < -0.3 is 9.64 Å². The number of imide groups is 1. The quantitative estimate of drug-likeness (QED) is 0.660. The molecule has 1 saturated carbocycles. The first-order valence-electron chi connectivity index (χ1n) is 12.5. The Bertz CT molecular complexity index is 1150. The fraction of sp³-hybridized carbons (Fsp3) is 0.500. The Labute approximate surface area is 203 Å². The number of nitrogens with one attached hydrogen (secondary N) is 1. The number of hydrogen-bond donors (Lipinski definition) is 1. The molecule has 3 fully saturated rings. The summed E-state index contributed by atoms with van der Waals surface area (Å²) in [4.78, 5) is 49.7. The molecule has 2 aromatic rings. The SMILES string of the molecule is O=C1CCC(N2Cc3cc(O[C@H]4CCCC[C@H]4N4CC(c5ncccn5)C4)ccc3C2=O)C(=O)N1. The van der Waals surface area contributed by atoms with Crippen molar-refractivity contribution in [3.63, 3.8) is 0 Å². The first-order valence-corrected chi connectivity index (χ1v) is 12.5. The minimum Gasteiger partial charge on any atom is -0.489 e. The first-order chi connectivity index (χ1) is 17.1. The van der Waals surface area contributed by atoms with Crippen LogP contribution in [0.25, 0.3) is 0 Å². The third-order valence-corrected chi connectivity index (χ3v) is 7.78. The van der Waals surface area contributed by atoms with Crippen molar-refractivity contribution < 1.29 is 19.1 Å². The normalized spacial score (nSPS) is 27.4. The summed E-state index contributed by atoms with van der Waals surface area (Å²) in [5, 5.41) is 2.35. The highest BCUT2D eigenvalue weighted by Gasteiger charge is 2.41. The second-order valence-corrected chi connectivity index (χ2v) is 9.98. The molecule has 3 amide bonds. The molecule has 1 aromatic carbocycles. The lowest BCUT2D eigenvalue weighted by Crippen LogP contribution is -2.57. The van der Waals surface area contributed by atoms with Crippen molar-refractivity contribution in [2.24, 2.45) is 0 Å². The Balaban J connectivity index is 1.12. The smallest absolute Gasteiger partial charge is 0.255 e. The van der Waals surface area contributed by atoms with Crippen LogP contribution in [0.4, 0.5) is 0 Å². The molecule has 9 heteroatoms. The molecule has 3 atom stereocenters. The lowest BCUT2D eigenvalue weighted by atomic mass is 9.86. The van der Waals surface area contributed by atoms with Crippen molar-refractivity contribution in [2.75, 3.05) is 13.1 Å². The highest BCUT2D eigenvalue weighted by Crippen LogP contribution is 2.36. The van der Waals surface area contributed by atoms with Crippen LogP contribution in [0.1, 0.15) is 66.2 Å². The standard InChI is InChI=1S/C26H29N5O4/c32-23-9-8-21(25(33)29-23)31-15-16-12-18(6-7-19(16)26(31)34)35-22-5-2-1-4-20(22)30-13-17(14-30)24-27-10-3-11-28-24/h3,6-7,10-12,17,20-22H,1-2,4-5,8-9,13-15H2,(H,29,32,33)/t20-,21?,22+/m1/s1. The van der Waals surface area contributed by atoms with Gasteiger partial charge in [0.15, 0.2) is 0 Å². The predicted molar refractivity (Wildman–Crippen MR) is 126 cm³/mol. The van der Waals surface area contributed by atoms with Gasteiger partial charge in [-0.05, 0) is 55.5 Å². The Morgan fingerprint density at radius 2 is 1.80 bits per heavy atom. The third-order valence-electron chi connectivity index (χ3n) is 7.78. The van der Waals surface area contributed by atoms with Gasteiger partial charge in [-0.3, -0.25) is 24.6 Å². The van der Waals surface area contributed by atoms with E-state index >= 15 is 0 Å². The van der Waals surface area contributed by atoms with Gasteiger partial charge in [0.25, 0.3) is 5.91 Å². The molecule has 4 heterocycles. The second-order valence-electron chi connectivity index (χ2n) is 9.98. The Kier molecular flexibility index (Phi) is 5.72. The molecule has 0 radical (unpaired) electrons. The first kappa shape index (κ1) is 22.2. The van der Waals surface area contributed by atoms with Crippen LogP contribution >= 0.6 is 0 Å². The molecular weight excluding hydrogens is 446 g/mol. The summed E-state index contributed by atoms with van der Waals surface area (Å²) in [5.74, 6) is 1.23. The van der Waals surface area contributed by atoms with E-state index in [0.29, 0.717) is 30.5 Å². The number of carbonyl (C=O) groups excluding carboxylic acids is 3. The van der Waals surface area contributed by atoms with Crippen molar-refractivity contribution in [2.45, 2.75) is 69.2 Å². The van der Waals surface area contributed by atoms with Crippen molar-refractivity contribution in [3.8, 4) is 5.75 Å². The van der Waals surface area contributed by atoms with Gasteiger partial charge >= 0.3 is 0 Å². The van der Waals surface area contributed by atoms with E-state index in [-0.39, 0.29) is 24.3 Å². The number of fused-ring (bicyclic) bond motifs is 1. The number of aromatic nitrogens is 2. The Morgan fingerprint density at radius 3 is 2.60 bits per heavy atom. The van der Waals surface area contributed by atoms with E-state index in [1.807, 2.05) is 24.3 Å². The van der Waals surface area contributed by atoms with E-state index < -0.39 is 11.9 Å². The molecule has 0 bridgehead atoms. The van der Waals surface area contributed by atoms with Gasteiger partial charge in [-0.25, -0.2) is 9.97 Å². The number of benzene rings is 1. The van der Waals surface area contributed by atoms with Gasteiger partial charge in [0.1, 0.15) is 23.7 Å². The maximum Gasteiger partial charge on any atom is 0.255 e. The van der Waals surface area contributed by atoms with Crippen LogP contribution < -0.4 is 10.1 Å². The topological polar surface area (TPSA) is 105 Å². The van der Waals surface area contributed by atoms with Crippen LogP contribution in [0.5, 0.6) is 5.75 Å². The lowest BCUT2D eigenvalue weighted by Gasteiger charge is -2.47. The number of likely N-dealkylation sites (tertiary alicyclic amines) is 1. The highest BCUT2D eigenvalue weighted by molar-refractivity contribution is 6.05. The van der Waals surface area contributed by atoms with Crippen LogP contribution in [0, 0.1) is 0 Å². The molecule has 35 heavy (non-hydrogen) atoms. The van der Waals surface area contributed by atoms with Gasteiger partial charge in [-0.1, -0.05) is 6.42 Å². The maximum absolute atomic E-state index is 13.0. The van der Waals surface area contributed by atoms with Crippen LogP contribution in [0.2, 0.25) is 0 Å². The summed E-state index contributed by atoms with van der Waals surface area (Å²) in [5.41, 5.74) is 1.48. The van der Waals surface area contributed by atoms with E-state index in [0.717, 1.165) is 49.5 Å². The van der Waals surface area contributed by atoms with Crippen LogP contribution in [0.15, 0.2) is 36.7 Å². The number of nitrogens with zero attached hydrogens (tertiary/aromatic N) is 4. The molecule has 4 aliphatic rings. The number of amides is 3. The summed E-state index contributed by atoms with van der Waals surface area (Å²) >= 11 is 0. The predicted octanol–water partition coefficient (Wildman–Crippen LogP) is 2.03. The summed E-state index contributed by atoms with van der Waals surface area (Å²) < 4.78 is 6.52. The zero-order chi connectivity index (χ0) is 23.9. The zero-order valence-electron chi connectivity index (χ0n) is 19.6. The minimum atomic E-state index is -0.604. The summed E-state index contributed by atoms with van der Waals surface area (Å²) in [6, 6.07) is 7.22. The second kappa shape index (κ2) is 9.03. The maximum atomic E-state index is 13.0. The monoisotopic (exact) mass is 475 g/mol.